The Morgan fingerprint density at radius 1 is 1.28 bits per heavy atom. The summed E-state index contributed by atoms with van der Waals surface area (Å²) in [6.07, 6.45) is -4.13. The molecule has 98 valence electrons. The van der Waals surface area contributed by atoms with Gasteiger partial charge >= 0.3 is 6.18 Å². The fraction of sp³-hybridized carbons (Fsp3) is 0.357. The molecule has 1 nitrogen and oxygen atoms in total. The summed E-state index contributed by atoms with van der Waals surface area (Å²) in [6.45, 7) is 4.70. The first-order chi connectivity index (χ1) is 8.39. The average molecular weight is 256 g/mol. The van der Waals surface area contributed by atoms with Crippen molar-refractivity contribution in [3.8, 4) is 0 Å². The highest BCUT2D eigenvalue weighted by Crippen LogP contribution is 2.46. The van der Waals surface area contributed by atoms with Crippen molar-refractivity contribution in [1.82, 2.24) is 0 Å². The quantitative estimate of drug-likeness (QED) is 0.563. The average Bonchev–Trinajstić information content (AvgIpc) is 2.34. The predicted octanol–water partition coefficient (Wildman–Crippen LogP) is 4.40. The first-order valence-corrected chi connectivity index (χ1v) is 5.66. The van der Waals surface area contributed by atoms with E-state index in [1.54, 1.807) is 18.2 Å². The Morgan fingerprint density at radius 3 is 2.22 bits per heavy atom. The summed E-state index contributed by atoms with van der Waals surface area (Å²) in [7, 11) is 0. The number of carbonyl (C=O) groups is 1. The van der Waals surface area contributed by atoms with E-state index in [4.69, 9.17) is 0 Å². The maximum atomic E-state index is 13.2. The van der Waals surface area contributed by atoms with Gasteiger partial charge in [-0.05, 0) is 12.8 Å². The molecule has 1 atom stereocenters. The molecule has 0 saturated heterocycles. The second-order valence-corrected chi connectivity index (χ2v) is 4.12. The lowest BCUT2D eigenvalue weighted by atomic mass is 9.74. The number of benzene rings is 1. The Labute approximate surface area is 104 Å². The van der Waals surface area contributed by atoms with E-state index in [0.29, 0.717) is 0 Å². The zero-order valence-electron chi connectivity index (χ0n) is 10.1. The highest BCUT2D eigenvalue weighted by Gasteiger charge is 2.57. The molecule has 0 bridgehead atoms. The molecule has 0 saturated carbocycles. The van der Waals surface area contributed by atoms with E-state index in [1.165, 1.54) is 19.1 Å². The van der Waals surface area contributed by atoms with Crippen LogP contribution in [0.5, 0.6) is 0 Å². The maximum absolute atomic E-state index is 13.2. The molecule has 1 aromatic carbocycles. The zero-order chi connectivity index (χ0) is 13.8. The highest BCUT2D eigenvalue weighted by atomic mass is 19.4. The molecule has 0 amide bonds. The van der Waals surface area contributed by atoms with E-state index in [2.05, 4.69) is 6.58 Å². The summed E-state index contributed by atoms with van der Waals surface area (Å²) in [6, 6.07) is 7.57. The smallest absolute Gasteiger partial charge is 0.293 e. The summed E-state index contributed by atoms with van der Waals surface area (Å²) < 4.78 is 39.7. The zero-order valence-corrected chi connectivity index (χ0v) is 10.1. The fourth-order valence-corrected chi connectivity index (χ4v) is 1.95. The molecule has 18 heavy (non-hydrogen) atoms. The summed E-state index contributed by atoms with van der Waals surface area (Å²) in [4.78, 5) is 12.2. The SMILES string of the molecule is C=CCC(CC)(C(=O)c1ccccc1)C(F)(F)F. The van der Waals surface area contributed by atoms with Gasteiger partial charge in [0, 0.05) is 5.56 Å². The van der Waals surface area contributed by atoms with Gasteiger partial charge in [0.25, 0.3) is 0 Å². The first kappa shape index (κ1) is 14.5. The minimum absolute atomic E-state index is 0.0820. The second kappa shape index (κ2) is 5.38. The molecule has 0 radical (unpaired) electrons. The number of hydrogen-bond donors (Lipinski definition) is 0. The summed E-state index contributed by atoms with van der Waals surface area (Å²) in [5.41, 5.74) is -2.28. The lowest BCUT2D eigenvalue weighted by molar-refractivity contribution is -0.204. The fourth-order valence-electron chi connectivity index (χ4n) is 1.95. The van der Waals surface area contributed by atoms with Gasteiger partial charge in [-0.25, -0.2) is 0 Å². The van der Waals surface area contributed by atoms with Crippen molar-refractivity contribution in [2.24, 2.45) is 5.41 Å². The lowest BCUT2D eigenvalue weighted by Gasteiger charge is -2.32. The standard InChI is InChI=1S/C14H15F3O/c1-3-10-13(4-2,14(15,16)17)12(18)11-8-6-5-7-9-11/h3,5-9H,1,4,10H2,2H3. The first-order valence-electron chi connectivity index (χ1n) is 5.66. The number of alkyl halides is 3. The van der Waals surface area contributed by atoms with Crippen LogP contribution in [0, 0.1) is 5.41 Å². The van der Waals surface area contributed by atoms with Gasteiger partial charge in [-0.1, -0.05) is 43.3 Å². The number of allylic oxidation sites excluding steroid dienone is 1. The molecule has 1 aromatic rings. The number of ketones is 1. The molecule has 4 heteroatoms. The van der Waals surface area contributed by atoms with Crippen LogP contribution >= 0.6 is 0 Å². The predicted molar refractivity (Wildman–Crippen MR) is 64.4 cm³/mol. The molecule has 0 fully saturated rings. The number of rotatable bonds is 5. The normalized spacial score (nSPS) is 14.9. The van der Waals surface area contributed by atoms with Gasteiger partial charge in [0.1, 0.15) is 5.41 Å². The molecule has 1 unspecified atom stereocenters. The largest absolute Gasteiger partial charge is 0.401 e. The molecule has 0 aliphatic rings. The van der Waals surface area contributed by atoms with Crippen LogP contribution in [0.4, 0.5) is 13.2 Å². The van der Waals surface area contributed by atoms with Crippen molar-refractivity contribution < 1.29 is 18.0 Å². The Bertz CT molecular complexity index is 422. The molecule has 0 N–H and O–H groups in total. The van der Waals surface area contributed by atoms with Crippen molar-refractivity contribution >= 4 is 5.78 Å². The lowest BCUT2D eigenvalue weighted by Crippen LogP contribution is -2.44. The number of carbonyl (C=O) groups excluding carboxylic acids is 1. The molecular weight excluding hydrogens is 241 g/mol. The van der Waals surface area contributed by atoms with Crippen LogP contribution in [0.1, 0.15) is 30.1 Å². The van der Waals surface area contributed by atoms with Crippen molar-refractivity contribution in [2.75, 3.05) is 0 Å². The van der Waals surface area contributed by atoms with Crippen LogP contribution in [-0.4, -0.2) is 12.0 Å². The monoisotopic (exact) mass is 256 g/mol. The van der Waals surface area contributed by atoms with E-state index >= 15 is 0 Å². The van der Waals surface area contributed by atoms with Crippen LogP contribution in [0.15, 0.2) is 43.0 Å². The Balaban J connectivity index is 3.27. The van der Waals surface area contributed by atoms with Gasteiger partial charge in [0.15, 0.2) is 5.78 Å². The molecule has 0 heterocycles. The van der Waals surface area contributed by atoms with Gasteiger partial charge in [-0.2, -0.15) is 13.2 Å². The molecule has 0 aliphatic carbocycles. The number of hydrogen-bond acceptors (Lipinski definition) is 1. The minimum Gasteiger partial charge on any atom is -0.293 e. The summed E-state index contributed by atoms with van der Waals surface area (Å²) in [5, 5.41) is 0. The van der Waals surface area contributed by atoms with E-state index in [9.17, 15) is 18.0 Å². The molecule has 0 spiro atoms. The Kier molecular flexibility index (Phi) is 4.33. The van der Waals surface area contributed by atoms with Crippen molar-refractivity contribution in [3.05, 3.63) is 48.6 Å². The van der Waals surface area contributed by atoms with Crippen LogP contribution < -0.4 is 0 Å². The maximum Gasteiger partial charge on any atom is 0.401 e. The van der Waals surface area contributed by atoms with Crippen molar-refractivity contribution in [3.63, 3.8) is 0 Å². The number of halogens is 3. The van der Waals surface area contributed by atoms with E-state index < -0.39 is 23.8 Å². The molecule has 0 aliphatic heterocycles. The van der Waals surface area contributed by atoms with E-state index in [-0.39, 0.29) is 12.0 Å². The topological polar surface area (TPSA) is 17.1 Å². The van der Waals surface area contributed by atoms with Crippen molar-refractivity contribution in [2.45, 2.75) is 25.9 Å². The van der Waals surface area contributed by atoms with Gasteiger partial charge in [0.2, 0.25) is 0 Å². The molecule has 0 aromatic heterocycles. The van der Waals surface area contributed by atoms with Crippen LogP contribution in [0.25, 0.3) is 0 Å². The number of Topliss-reactive ketones (excluding diaryl/α,β-unsaturated/α-hetero) is 1. The third-order valence-corrected chi connectivity index (χ3v) is 3.11. The van der Waals surface area contributed by atoms with Gasteiger partial charge < -0.3 is 0 Å². The van der Waals surface area contributed by atoms with Gasteiger partial charge in [-0.3, -0.25) is 4.79 Å². The molecule has 1 rings (SSSR count). The second-order valence-electron chi connectivity index (χ2n) is 4.12. The third-order valence-electron chi connectivity index (χ3n) is 3.11. The van der Waals surface area contributed by atoms with E-state index in [0.717, 1.165) is 6.08 Å². The van der Waals surface area contributed by atoms with E-state index in [1.807, 2.05) is 0 Å². The van der Waals surface area contributed by atoms with Crippen molar-refractivity contribution in [1.29, 1.82) is 0 Å². The van der Waals surface area contributed by atoms with Crippen LogP contribution in [-0.2, 0) is 0 Å². The molecular formula is C14H15F3O. The van der Waals surface area contributed by atoms with Gasteiger partial charge in [-0.15, -0.1) is 6.58 Å². The Morgan fingerprint density at radius 2 is 1.83 bits per heavy atom. The van der Waals surface area contributed by atoms with Crippen LogP contribution in [0.3, 0.4) is 0 Å². The minimum atomic E-state index is -4.58. The van der Waals surface area contributed by atoms with Crippen LogP contribution in [0.2, 0.25) is 0 Å². The third kappa shape index (κ3) is 2.47. The summed E-state index contributed by atoms with van der Waals surface area (Å²) >= 11 is 0. The highest BCUT2D eigenvalue weighted by molar-refractivity contribution is 6.01. The van der Waals surface area contributed by atoms with Gasteiger partial charge in [0.05, 0.1) is 0 Å². The summed E-state index contributed by atoms with van der Waals surface area (Å²) in [5.74, 6) is -0.891. The Hall–Kier alpha value is -1.58.